The fourth-order valence-corrected chi connectivity index (χ4v) is 2.38. The largest absolute Gasteiger partial charge is 0.456 e. The van der Waals surface area contributed by atoms with Crippen molar-refractivity contribution < 1.29 is 9.21 Å². The molecule has 0 spiro atoms. The van der Waals surface area contributed by atoms with Crippen molar-refractivity contribution in [2.24, 2.45) is 0 Å². The number of furan rings is 1. The van der Waals surface area contributed by atoms with Crippen molar-refractivity contribution >= 4 is 11.6 Å². The first-order valence-electron chi connectivity index (χ1n) is 7.36. The van der Waals surface area contributed by atoms with Crippen LogP contribution in [0.25, 0.3) is 5.69 Å². The van der Waals surface area contributed by atoms with Crippen LogP contribution in [-0.2, 0) is 6.42 Å². The first kappa shape index (κ1) is 14.9. The molecule has 2 N–H and O–H groups in total. The minimum absolute atomic E-state index is 0.218. The minimum Gasteiger partial charge on any atom is -0.456 e. The molecule has 6 nitrogen and oxygen atoms in total. The number of aromatic amines is 1. The average molecular weight is 311 g/mol. The minimum atomic E-state index is -0.319. The Morgan fingerprint density at radius 1 is 1.30 bits per heavy atom. The van der Waals surface area contributed by atoms with E-state index in [1.165, 1.54) is 4.57 Å². The van der Waals surface area contributed by atoms with Gasteiger partial charge in [-0.2, -0.15) is 0 Å². The van der Waals surface area contributed by atoms with Crippen molar-refractivity contribution in [1.29, 1.82) is 0 Å². The van der Waals surface area contributed by atoms with Crippen LogP contribution in [0.1, 0.15) is 28.9 Å². The van der Waals surface area contributed by atoms with Gasteiger partial charge in [0, 0.05) is 24.0 Å². The summed E-state index contributed by atoms with van der Waals surface area (Å²) in [5, 5.41) is 2.78. The summed E-state index contributed by atoms with van der Waals surface area (Å²) in [6, 6.07) is 10.5. The predicted molar refractivity (Wildman–Crippen MR) is 87.2 cm³/mol. The highest BCUT2D eigenvalue weighted by molar-refractivity contribution is 6.02. The van der Waals surface area contributed by atoms with Crippen molar-refractivity contribution in [2.75, 3.05) is 5.32 Å². The van der Waals surface area contributed by atoms with Gasteiger partial charge in [-0.25, -0.2) is 4.79 Å². The standard InChI is InChI=1S/C17H17N3O3/c1-3-14-7-8-15(23-14)16(21)19-12-5-4-6-13(9-12)20-11(2)10-18-17(20)22/h4-10H,3H2,1-2H3,(H,18,22)(H,19,21). The molecular formula is C17H17N3O3. The third-order valence-electron chi connectivity index (χ3n) is 3.56. The van der Waals surface area contributed by atoms with E-state index >= 15 is 0 Å². The van der Waals surface area contributed by atoms with E-state index < -0.39 is 0 Å². The number of carbonyl (C=O) groups is 1. The summed E-state index contributed by atoms with van der Waals surface area (Å²) in [6.07, 6.45) is 2.38. The number of amides is 1. The molecule has 3 aromatic rings. The third kappa shape index (κ3) is 2.96. The molecule has 23 heavy (non-hydrogen) atoms. The van der Waals surface area contributed by atoms with Crippen LogP contribution in [0.2, 0.25) is 0 Å². The van der Waals surface area contributed by atoms with E-state index in [1.54, 1.807) is 42.6 Å². The maximum atomic E-state index is 12.2. The van der Waals surface area contributed by atoms with Gasteiger partial charge >= 0.3 is 5.69 Å². The van der Waals surface area contributed by atoms with Gasteiger partial charge in [0.1, 0.15) is 5.76 Å². The topological polar surface area (TPSA) is 80.0 Å². The Bertz CT molecular complexity index is 902. The van der Waals surface area contributed by atoms with Crippen LogP contribution in [0.4, 0.5) is 5.69 Å². The molecule has 0 radical (unpaired) electrons. The molecule has 0 unspecified atom stereocenters. The van der Waals surface area contributed by atoms with Crippen LogP contribution in [0.5, 0.6) is 0 Å². The number of H-pyrrole nitrogens is 1. The lowest BCUT2D eigenvalue weighted by Crippen LogP contribution is -2.16. The Morgan fingerprint density at radius 2 is 2.13 bits per heavy atom. The number of aromatic nitrogens is 2. The Hall–Kier alpha value is -3.02. The van der Waals surface area contributed by atoms with Crippen molar-refractivity contribution in [3.8, 4) is 5.69 Å². The first-order valence-corrected chi connectivity index (χ1v) is 7.36. The Morgan fingerprint density at radius 3 is 2.78 bits per heavy atom. The molecule has 0 atom stereocenters. The quantitative estimate of drug-likeness (QED) is 0.777. The van der Waals surface area contributed by atoms with Gasteiger partial charge < -0.3 is 14.7 Å². The van der Waals surface area contributed by atoms with Crippen molar-refractivity contribution in [3.63, 3.8) is 0 Å². The number of benzene rings is 1. The number of carbonyl (C=O) groups excluding carboxylic acids is 1. The number of rotatable bonds is 4. The van der Waals surface area contributed by atoms with E-state index in [0.717, 1.165) is 17.9 Å². The summed E-state index contributed by atoms with van der Waals surface area (Å²) < 4.78 is 6.97. The predicted octanol–water partition coefficient (Wildman–Crippen LogP) is 2.88. The molecule has 6 heteroatoms. The third-order valence-corrected chi connectivity index (χ3v) is 3.56. The molecular weight excluding hydrogens is 294 g/mol. The van der Waals surface area contributed by atoms with Gasteiger partial charge in [-0.1, -0.05) is 13.0 Å². The van der Waals surface area contributed by atoms with Gasteiger partial charge in [0.15, 0.2) is 5.76 Å². The molecule has 1 aromatic carbocycles. The van der Waals surface area contributed by atoms with Crippen LogP contribution >= 0.6 is 0 Å². The highest BCUT2D eigenvalue weighted by atomic mass is 16.3. The Labute approximate surface area is 132 Å². The van der Waals surface area contributed by atoms with Crippen molar-refractivity contribution in [3.05, 3.63) is 70.3 Å². The Balaban J connectivity index is 1.86. The van der Waals surface area contributed by atoms with E-state index in [0.29, 0.717) is 11.4 Å². The van der Waals surface area contributed by atoms with Crippen LogP contribution in [0.15, 0.2) is 51.8 Å². The molecule has 0 aliphatic heterocycles. The van der Waals surface area contributed by atoms with Crippen molar-refractivity contribution in [2.45, 2.75) is 20.3 Å². The van der Waals surface area contributed by atoms with E-state index in [9.17, 15) is 9.59 Å². The molecule has 1 amide bonds. The number of hydrogen-bond acceptors (Lipinski definition) is 3. The zero-order valence-corrected chi connectivity index (χ0v) is 12.9. The number of nitrogens with zero attached hydrogens (tertiary/aromatic N) is 1. The summed E-state index contributed by atoms with van der Waals surface area (Å²) >= 11 is 0. The molecule has 2 heterocycles. The molecule has 2 aromatic heterocycles. The zero-order chi connectivity index (χ0) is 16.4. The van der Waals surface area contributed by atoms with Gasteiger partial charge in [0.25, 0.3) is 5.91 Å². The maximum Gasteiger partial charge on any atom is 0.330 e. The summed E-state index contributed by atoms with van der Waals surface area (Å²) in [7, 11) is 0. The zero-order valence-electron chi connectivity index (χ0n) is 12.9. The molecule has 3 rings (SSSR count). The second-order valence-electron chi connectivity index (χ2n) is 5.19. The smallest absolute Gasteiger partial charge is 0.330 e. The van der Waals surface area contributed by atoms with E-state index in [2.05, 4.69) is 10.3 Å². The number of hydrogen-bond donors (Lipinski definition) is 2. The molecule has 0 fully saturated rings. The first-order chi connectivity index (χ1) is 11.1. The fourth-order valence-electron chi connectivity index (χ4n) is 2.38. The summed E-state index contributed by atoms with van der Waals surface area (Å²) in [6.45, 7) is 3.79. The van der Waals surface area contributed by atoms with Gasteiger partial charge in [-0.15, -0.1) is 0 Å². The average Bonchev–Trinajstić information content (AvgIpc) is 3.14. The molecule has 0 saturated heterocycles. The molecule has 0 aliphatic carbocycles. The number of aryl methyl sites for hydroxylation is 2. The molecule has 0 saturated carbocycles. The fraction of sp³-hybridized carbons (Fsp3) is 0.176. The van der Waals surface area contributed by atoms with Crippen LogP contribution in [0, 0.1) is 6.92 Å². The van der Waals surface area contributed by atoms with E-state index in [-0.39, 0.29) is 17.4 Å². The Kier molecular flexibility index (Phi) is 3.89. The number of nitrogens with one attached hydrogen (secondary N) is 2. The van der Waals surface area contributed by atoms with Gasteiger partial charge in [0.05, 0.1) is 5.69 Å². The summed E-state index contributed by atoms with van der Waals surface area (Å²) in [5.74, 6) is 0.709. The van der Waals surface area contributed by atoms with Crippen LogP contribution < -0.4 is 11.0 Å². The molecule has 0 aliphatic rings. The highest BCUT2D eigenvalue weighted by Crippen LogP contribution is 2.17. The van der Waals surface area contributed by atoms with E-state index in [1.807, 2.05) is 13.8 Å². The molecule has 0 bridgehead atoms. The van der Waals surface area contributed by atoms with Gasteiger partial charge in [-0.3, -0.25) is 9.36 Å². The lowest BCUT2D eigenvalue weighted by Gasteiger charge is -2.08. The lowest BCUT2D eigenvalue weighted by atomic mass is 10.2. The monoisotopic (exact) mass is 311 g/mol. The van der Waals surface area contributed by atoms with Gasteiger partial charge in [-0.05, 0) is 37.3 Å². The van der Waals surface area contributed by atoms with E-state index in [4.69, 9.17) is 4.42 Å². The van der Waals surface area contributed by atoms with Crippen LogP contribution in [0.3, 0.4) is 0 Å². The number of anilines is 1. The maximum absolute atomic E-state index is 12.2. The lowest BCUT2D eigenvalue weighted by molar-refractivity contribution is 0.0995. The van der Waals surface area contributed by atoms with Gasteiger partial charge in [0.2, 0.25) is 0 Å². The highest BCUT2D eigenvalue weighted by Gasteiger charge is 2.12. The SMILES string of the molecule is CCc1ccc(C(=O)Nc2cccc(-n3c(C)c[nH]c3=O)c2)o1. The van der Waals surface area contributed by atoms with Crippen LogP contribution in [-0.4, -0.2) is 15.5 Å². The normalized spacial score (nSPS) is 10.7. The van der Waals surface area contributed by atoms with Crippen molar-refractivity contribution in [1.82, 2.24) is 9.55 Å². The summed E-state index contributed by atoms with van der Waals surface area (Å²) in [4.78, 5) is 26.7. The second-order valence-corrected chi connectivity index (χ2v) is 5.19. The molecule has 118 valence electrons. The summed E-state index contributed by atoms with van der Waals surface area (Å²) in [5.41, 5.74) is 1.84. The number of imidazole rings is 1. The second kappa shape index (κ2) is 6.00.